The van der Waals surface area contributed by atoms with Gasteiger partial charge in [0.05, 0.1) is 5.83 Å². The molecule has 2 N–H and O–H groups in total. The summed E-state index contributed by atoms with van der Waals surface area (Å²) >= 11 is 0. The van der Waals surface area contributed by atoms with Crippen LogP contribution in [0.2, 0.25) is 0 Å². The van der Waals surface area contributed by atoms with Crippen LogP contribution in [-0.2, 0) is 14.3 Å². The zero-order valence-electron chi connectivity index (χ0n) is 19.2. The number of cyclic esters (lactones) is 1. The summed E-state index contributed by atoms with van der Waals surface area (Å²) in [5.41, 5.74) is 6.15. The molecule has 2 aromatic carbocycles. The van der Waals surface area contributed by atoms with Crippen molar-refractivity contribution in [2.45, 2.75) is 57.4 Å². The lowest BCUT2D eigenvalue weighted by Crippen LogP contribution is -2.55. The maximum atomic E-state index is 14.7. The summed E-state index contributed by atoms with van der Waals surface area (Å²) in [5, 5.41) is 0. The molecule has 1 aliphatic rings. The minimum Gasteiger partial charge on any atom is -0.453 e. The number of benzene rings is 2. The Hall–Kier alpha value is -3.19. The lowest BCUT2D eigenvalue weighted by Gasteiger charge is -2.45. The number of amides is 1. The average Bonchev–Trinajstić information content (AvgIpc) is 2.78. The molecule has 1 fully saturated rings. The number of carbonyl (C=O) groups is 2. The molecule has 3 rings (SSSR count). The van der Waals surface area contributed by atoms with Gasteiger partial charge < -0.3 is 15.2 Å². The van der Waals surface area contributed by atoms with Gasteiger partial charge in [0.15, 0.2) is 6.10 Å². The lowest BCUT2D eigenvalue weighted by atomic mass is 9.90. The van der Waals surface area contributed by atoms with E-state index in [1.165, 1.54) is 11.0 Å². The summed E-state index contributed by atoms with van der Waals surface area (Å²) in [6.45, 7) is 5.52. The van der Waals surface area contributed by atoms with Gasteiger partial charge in [-0.3, -0.25) is 4.90 Å². The van der Waals surface area contributed by atoms with Crippen LogP contribution in [0.1, 0.15) is 56.9 Å². The SMILES string of the molecule is CC(C)(C)OC(=O)N1C(C/C(F)=C\CCN)C(=O)OC(c2ccccc2)C1c1ccccc1. The van der Waals surface area contributed by atoms with Gasteiger partial charge in [0.1, 0.15) is 17.7 Å². The van der Waals surface area contributed by atoms with Gasteiger partial charge in [0.2, 0.25) is 0 Å². The van der Waals surface area contributed by atoms with Crippen LogP contribution in [0.3, 0.4) is 0 Å². The third-order valence-electron chi connectivity index (χ3n) is 5.23. The number of ether oxygens (including phenoxy) is 2. The largest absolute Gasteiger partial charge is 0.453 e. The van der Waals surface area contributed by atoms with Gasteiger partial charge in [-0.1, -0.05) is 66.7 Å². The van der Waals surface area contributed by atoms with E-state index in [1.54, 1.807) is 20.8 Å². The molecule has 3 unspecified atom stereocenters. The fourth-order valence-corrected chi connectivity index (χ4v) is 3.85. The van der Waals surface area contributed by atoms with Gasteiger partial charge in [-0.15, -0.1) is 0 Å². The van der Waals surface area contributed by atoms with Crippen molar-refractivity contribution in [1.82, 2.24) is 4.90 Å². The molecule has 3 atom stereocenters. The van der Waals surface area contributed by atoms with Gasteiger partial charge in [0.25, 0.3) is 0 Å². The molecule has 0 spiro atoms. The maximum Gasteiger partial charge on any atom is 0.411 e. The summed E-state index contributed by atoms with van der Waals surface area (Å²) in [7, 11) is 0. The van der Waals surface area contributed by atoms with Gasteiger partial charge in [-0.2, -0.15) is 0 Å². The second-order valence-corrected chi connectivity index (χ2v) is 8.96. The summed E-state index contributed by atoms with van der Waals surface area (Å²) < 4.78 is 26.2. The third-order valence-corrected chi connectivity index (χ3v) is 5.23. The Morgan fingerprint density at radius 3 is 2.21 bits per heavy atom. The van der Waals surface area contributed by atoms with Gasteiger partial charge in [0, 0.05) is 6.42 Å². The molecular formula is C26H31FN2O4. The van der Waals surface area contributed by atoms with Crippen LogP contribution in [0, 0.1) is 0 Å². The number of rotatable bonds is 6. The molecule has 0 aliphatic carbocycles. The summed E-state index contributed by atoms with van der Waals surface area (Å²) in [6.07, 6.45) is -0.134. The van der Waals surface area contributed by atoms with Crippen molar-refractivity contribution >= 4 is 12.1 Å². The molecule has 6 nitrogen and oxygen atoms in total. The first-order chi connectivity index (χ1) is 15.7. The molecule has 0 aromatic heterocycles. The van der Waals surface area contributed by atoms with Crippen molar-refractivity contribution in [3.8, 4) is 0 Å². The Balaban J connectivity index is 2.11. The molecule has 1 aliphatic heterocycles. The Labute approximate surface area is 194 Å². The topological polar surface area (TPSA) is 81.9 Å². The second-order valence-electron chi connectivity index (χ2n) is 8.96. The first kappa shape index (κ1) is 24.5. The normalized spacial score (nSPS) is 21.5. The number of nitrogens with two attached hydrogens (primary N) is 1. The minimum atomic E-state index is -1.18. The Bertz CT molecular complexity index is 973. The zero-order valence-corrected chi connectivity index (χ0v) is 19.2. The van der Waals surface area contributed by atoms with Crippen LogP contribution in [0.5, 0.6) is 0 Å². The van der Waals surface area contributed by atoms with Crippen LogP contribution in [-0.4, -0.2) is 35.2 Å². The van der Waals surface area contributed by atoms with E-state index in [-0.39, 0.29) is 13.0 Å². The maximum absolute atomic E-state index is 14.7. The lowest BCUT2D eigenvalue weighted by molar-refractivity contribution is -0.174. The van der Waals surface area contributed by atoms with E-state index >= 15 is 0 Å². The molecule has 0 saturated carbocycles. The van der Waals surface area contributed by atoms with Crippen molar-refractivity contribution in [3.63, 3.8) is 0 Å². The molecule has 1 heterocycles. The number of halogens is 1. The van der Waals surface area contributed by atoms with Crippen LogP contribution < -0.4 is 5.73 Å². The quantitative estimate of drug-likeness (QED) is 0.605. The highest BCUT2D eigenvalue weighted by Gasteiger charge is 2.49. The van der Waals surface area contributed by atoms with E-state index in [0.29, 0.717) is 6.42 Å². The number of esters is 1. The average molecular weight is 455 g/mol. The van der Waals surface area contributed by atoms with Crippen molar-refractivity contribution in [2.75, 3.05) is 6.54 Å². The monoisotopic (exact) mass is 454 g/mol. The molecule has 2 aromatic rings. The summed E-state index contributed by atoms with van der Waals surface area (Å²) in [4.78, 5) is 27.9. The van der Waals surface area contributed by atoms with Crippen LogP contribution in [0.15, 0.2) is 72.6 Å². The van der Waals surface area contributed by atoms with Crippen LogP contribution in [0.4, 0.5) is 9.18 Å². The Kier molecular flexibility index (Phi) is 7.87. The molecule has 176 valence electrons. The van der Waals surface area contributed by atoms with E-state index in [2.05, 4.69) is 0 Å². The van der Waals surface area contributed by atoms with Crippen molar-refractivity contribution in [2.24, 2.45) is 5.73 Å². The summed E-state index contributed by atoms with van der Waals surface area (Å²) in [6, 6.07) is 16.6. The highest BCUT2D eigenvalue weighted by molar-refractivity contribution is 5.84. The van der Waals surface area contributed by atoms with Crippen LogP contribution >= 0.6 is 0 Å². The van der Waals surface area contributed by atoms with Crippen molar-refractivity contribution in [1.29, 1.82) is 0 Å². The van der Waals surface area contributed by atoms with E-state index in [1.807, 2.05) is 60.7 Å². The highest BCUT2D eigenvalue weighted by atomic mass is 19.1. The van der Waals surface area contributed by atoms with Crippen molar-refractivity contribution in [3.05, 3.63) is 83.7 Å². The fourth-order valence-electron chi connectivity index (χ4n) is 3.85. The van der Waals surface area contributed by atoms with Crippen molar-refractivity contribution < 1.29 is 23.5 Å². The van der Waals surface area contributed by atoms with E-state index in [9.17, 15) is 14.0 Å². The number of carbonyl (C=O) groups excluding carboxylic acids is 2. The number of nitrogens with zero attached hydrogens (tertiary/aromatic N) is 1. The molecule has 33 heavy (non-hydrogen) atoms. The zero-order chi connectivity index (χ0) is 24.0. The minimum absolute atomic E-state index is 0.279. The molecule has 0 bridgehead atoms. The fraction of sp³-hybridized carbons (Fsp3) is 0.385. The third kappa shape index (κ3) is 6.20. The molecule has 1 saturated heterocycles. The van der Waals surface area contributed by atoms with E-state index in [0.717, 1.165) is 11.1 Å². The first-order valence-electron chi connectivity index (χ1n) is 11.1. The Morgan fingerprint density at radius 1 is 1.09 bits per heavy atom. The molecule has 0 radical (unpaired) electrons. The predicted octanol–water partition coefficient (Wildman–Crippen LogP) is 5.22. The Morgan fingerprint density at radius 2 is 1.67 bits per heavy atom. The van der Waals surface area contributed by atoms with Gasteiger partial charge >= 0.3 is 12.1 Å². The summed E-state index contributed by atoms with van der Waals surface area (Å²) in [5.74, 6) is -1.21. The smallest absolute Gasteiger partial charge is 0.411 e. The number of morpholine rings is 1. The second kappa shape index (κ2) is 10.6. The van der Waals surface area contributed by atoms with Gasteiger partial charge in [-0.05, 0) is 44.9 Å². The van der Waals surface area contributed by atoms with Gasteiger partial charge in [-0.25, -0.2) is 14.0 Å². The van der Waals surface area contributed by atoms with E-state index in [4.69, 9.17) is 15.2 Å². The molecule has 1 amide bonds. The van der Waals surface area contributed by atoms with E-state index < -0.39 is 41.7 Å². The predicted molar refractivity (Wildman–Crippen MR) is 124 cm³/mol. The first-order valence-corrected chi connectivity index (χ1v) is 11.1. The number of hydrogen-bond donors (Lipinski definition) is 1. The van der Waals surface area contributed by atoms with Crippen LogP contribution in [0.25, 0.3) is 0 Å². The number of hydrogen-bond acceptors (Lipinski definition) is 5. The highest BCUT2D eigenvalue weighted by Crippen LogP contribution is 2.44. The molecular weight excluding hydrogens is 423 g/mol. The molecule has 7 heteroatoms. The standard InChI is InChI=1S/C26H31FN2O4/c1-26(2,3)33-25(31)29-21(17-20(27)15-10-16-28)24(30)32-23(19-13-8-5-9-14-19)22(29)18-11-6-4-7-12-18/h4-9,11-15,21-23H,10,16-17,28H2,1-3H3/b20-15+.